The van der Waals surface area contributed by atoms with Crippen molar-refractivity contribution in [1.29, 1.82) is 5.26 Å². The highest BCUT2D eigenvalue weighted by atomic mass is 16.2. The average molecular weight is 217 g/mol. The van der Waals surface area contributed by atoms with Crippen LogP contribution in [-0.2, 0) is 4.79 Å². The van der Waals surface area contributed by atoms with Crippen LogP contribution in [0.4, 0.5) is 5.69 Å². The molecule has 84 valence electrons. The number of nitrogens with two attached hydrogens (primary N) is 1. The van der Waals surface area contributed by atoms with E-state index in [9.17, 15) is 4.79 Å². The number of hydrogen-bond donors (Lipinski definition) is 2. The Bertz CT molecular complexity index is 421. The number of nitriles is 1. The van der Waals surface area contributed by atoms with Crippen molar-refractivity contribution in [3.05, 3.63) is 29.8 Å². The Kier molecular flexibility index (Phi) is 4.03. The number of carbonyl (C=O) groups excluding carboxylic acids is 1. The van der Waals surface area contributed by atoms with Crippen molar-refractivity contribution in [2.24, 2.45) is 11.7 Å². The first-order valence-electron chi connectivity index (χ1n) is 5.12. The van der Waals surface area contributed by atoms with E-state index in [1.165, 1.54) is 0 Å². The lowest BCUT2D eigenvalue weighted by atomic mass is 10.0. The van der Waals surface area contributed by atoms with E-state index in [2.05, 4.69) is 5.32 Å². The molecule has 3 N–H and O–H groups in total. The van der Waals surface area contributed by atoms with Gasteiger partial charge in [-0.1, -0.05) is 26.0 Å². The van der Waals surface area contributed by atoms with Crippen LogP contribution in [0.5, 0.6) is 0 Å². The molecule has 4 heteroatoms. The molecule has 0 saturated heterocycles. The third-order valence-corrected chi connectivity index (χ3v) is 2.33. The second-order valence-electron chi connectivity index (χ2n) is 3.92. The largest absolute Gasteiger partial charge is 0.324 e. The van der Waals surface area contributed by atoms with E-state index in [0.717, 1.165) is 0 Å². The monoisotopic (exact) mass is 217 g/mol. The summed E-state index contributed by atoms with van der Waals surface area (Å²) >= 11 is 0. The lowest BCUT2D eigenvalue weighted by Crippen LogP contribution is -2.39. The number of nitrogens with zero attached hydrogens (tertiary/aromatic N) is 1. The van der Waals surface area contributed by atoms with Crippen molar-refractivity contribution in [2.75, 3.05) is 5.32 Å². The zero-order valence-electron chi connectivity index (χ0n) is 9.40. The molecule has 1 aromatic carbocycles. The van der Waals surface area contributed by atoms with Crippen LogP contribution in [-0.4, -0.2) is 11.9 Å². The van der Waals surface area contributed by atoms with E-state index >= 15 is 0 Å². The number of rotatable bonds is 3. The van der Waals surface area contributed by atoms with Gasteiger partial charge in [0, 0.05) is 0 Å². The predicted octanol–water partition coefficient (Wildman–Crippen LogP) is 1.48. The quantitative estimate of drug-likeness (QED) is 0.804. The van der Waals surface area contributed by atoms with Crippen molar-refractivity contribution in [3.63, 3.8) is 0 Å². The third kappa shape index (κ3) is 2.81. The molecule has 0 spiro atoms. The minimum atomic E-state index is -0.563. The second-order valence-corrected chi connectivity index (χ2v) is 3.92. The Morgan fingerprint density at radius 1 is 1.44 bits per heavy atom. The molecule has 16 heavy (non-hydrogen) atoms. The Hall–Kier alpha value is -1.86. The maximum absolute atomic E-state index is 11.7. The number of benzene rings is 1. The molecule has 0 fully saturated rings. The van der Waals surface area contributed by atoms with Gasteiger partial charge in [-0.3, -0.25) is 4.79 Å². The zero-order chi connectivity index (χ0) is 12.1. The average Bonchev–Trinajstić information content (AvgIpc) is 2.28. The minimum absolute atomic E-state index is 0.0641. The zero-order valence-corrected chi connectivity index (χ0v) is 9.40. The second kappa shape index (κ2) is 5.29. The standard InChI is InChI=1S/C12H15N3O/c1-8(2)11(14)12(16)15-10-6-4-3-5-9(10)7-13/h3-6,8,11H,14H2,1-2H3,(H,15,16)/t11-/m1/s1. The highest BCUT2D eigenvalue weighted by Gasteiger charge is 2.17. The summed E-state index contributed by atoms with van der Waals surface area (Å²) in [6.45, 7) is 3.75. The topological polar surface area (TPSA) is 78.9 Å². The molecule has 0 aliphatic carbocycles. The van der Waals surface area contributed by atoms with Crippen molar-refractivity contribution in [1.82, 2.24) is 0 Å². The molecular weight excluding hydrogens is 202 g/mol. The van der Waals surface area contributed by atoms with Crippen molar-refractivity contribution >= 4 is 11.6 Å². The molecule has 1 atom stereocenters. The molecule has 0 aliphatic heterocycles. The maximum Gasteiger partial charge on any atom is 0.241 e. The van der Waals surface area contributed by atoms with E-state index < -0.39 is 6.04 Å². The Morgan fingerprint density at radius 2 is 2.06 bits per heavy atom. The van der Waals surface area contributed by atoms with Crippen molar-refractivity contribution < 1.29 is 4.79 Å². The van der Waals surface area contributed by atoms with Gasteiger partial charge in [-0.2, -0.15) is 5.26 Å². The summed E-state index contributed by atoms with van der Waals surface area (Å²) in [5.74, 6) is -0.202. The molecule has 0 radical (unpaired) electrons. The smallest absolute Gasteiger partial charge is 0.241 e. The summed E-state index contributed by atoms with van der Waals surface area (Å²) in [4.78, 5) is 11.7. The van der Waals surface area contributed by atoms with Gasteiger partial charge in [0.05, 0.1) is 17.3 Å². The van der Waals surface area contributed by atoms with Crippen molar-refractivity contribution in [2.45, 2.75) is 19.9 Å². The van der Waals surface area contributed by atoms with E-state index in [1.54, 1.807) is 24.3 Å². The first kappa shape index (κ1) is 12.2. The van der Waals surface area contributed by atoms with Gasteiger partial charge in [-0.25, -0.2) is 0 Å². The fraction of sp³-hybridized carbons (Fsp3) is 0.333. The first-order chi connectivity index (χ1) is 7.56. The molecule has 0 aliphatic rings. The van der Waals surface area contributed by atoms with E-state index in [-0.39, 0.29) is 11.8 Å². The van der Waals surface area contributed by atoms with Gasteiger partial charge >= 0.3 is 0 Å². The van der Waals surface area contributed by atoms with Gasteiger partial charge in [0.25, 0.3) is 0 Å². The lowest BCUT2D eigenvalue weighted by molar-refractivity contribution is -0.118. The Balaban J connectivity index is 2.82. The number of hydrogen-bond acceptors (Lipinski definition) is 3. The van der Waals surface area contributed by atoms with Crippen LogP contribution in [0, 0.1) is 17.2 Å². The van der Waals surface area contributed by atoms with Gasteiger partial charge < -0.3 is 11.1 Å². The van der Waals surface area contributed by atoms with Gasteiger partial charge in [0.15, 0.2) is 0 Å². The molecule has 4 nitrogen and oxygen atoms in total. The third-order valence-electron chi connectivity index (χ3n) is 2.33. The molecular formula is C12H15N3O. The molecule has 0 bridgehead atoms. The van der Waals surface area contributed by atoms with Crippen LogP contribution in [0.2, 0.25) is 0 Å². The minimum Gasteiger partial charge on any atom is -0.324 e. The maximum atomic E-state index is 11.7. The first-order valence-corrected chi connectivity index (χ1v) is 5.12. The number of carbonyl (C=O) groups is 1. The summed E-state index contributed by atoms with van der Waals surface area (Å²) in [5, 5.41) is 11.5. The number of anilines is 1. The lowest BCUT2D eigenvalue weighted by Gasteiger charge is -2.15. The van der Waals surface area contributed by atoms with Crippen LogP contribution in [0.1, 0.15) is 19.4 Å². The van der Waals surface area contributed by atoms with Crippen molar-refractivity contribution in [3.8, 4) is 6.07 Å². The molecule has 0 saturated carbocycles. The highest BCUT2D eigenvalue weighted by molar-refractivity contribution is 5.95. The van der Waals surface area contributed by atoms with Crippen LogP contribution < -0.4 is 11.1 Å². The van der Waals surface area contributed by atoms with Gasteiger partial charge in [0.1, 0.15) is 6.07 Å². The van der Waals surface area contributed by atoms with Crippen LogP contribution in [0.3, 0.4) is 0 Å². The normalized spacial score (nSPS) is 11.9. The molecule has 0 heterocycles. The Morgan fingerprint density at radius 3 is 2.62 bits per heavy atom. The molecule has 0 unspecified atom stereocenters. The van der Waals surface area contributed by atoms with Gasteiger partial charge in [-0.05, 0) is 18.1 Å². The molecule has 1 amide bonds. The van der Waals surface area contributed by atoms with Crippen LogP contribution >= 0.6 is 0 Å². The summed E-state index contributed by atoms with van der Waals surface area (Å²) in [5.41, 5.74) is 6.65. The summed E-state index contributed by atoms with van der Waals surface area (Å²) in [7, 11) is 0. The number of nitrogens with one attached hydrogen (secondary N) is 1. The Labute approximate surface area is 95.1 Å². The predicted molar refractivity (Wildman–Crippen MR) is 62.6 cm³/mol. The van der Waals surface area contributed by atoms with E-state index in [4.69, 9.17) is 11.0 Å². The van der Waals surface area contributed by atoms with Crippen LogP contribution in [0.15, 0.2) is 24.3 Å². The van der Waals surface area contributed by atoms with Crippen LogP contribution in [0.25, 0.3) is 0 Å². The van der Waals surface area contributed by atoms with E-state index in [0.29, 0.717) is 11.3 Å². The van der Waals surface area contributed by atoms with E-state index in [1.807, 2.05) is 19.9 Å². The summed E-state index contributed by atoms with van der Waals surface area (Å²) in [6.07, 6.45) is 0. The molecule has 1 rings (SSSR count). The van der Waals surface area contributed by atoms with Gasteiger partial charge in [-0.15, -0.1) is 0 Å². The summed E-state index contributed by atoms with van der Waals surface area (Å²) in [6, 6.07) is 8.29. The van der Waals surface area contributed by atoms with Gasteiger partial charge in [0.2, 0.25) is 5.91 Å². The summed E-state index contributed by atoms with van der Waals surface area (Å²) < 4.78 is 0. The molecule has 0 aromatic heterocycles. The fourth-order valence-corrected chi connectivity index (χ4v) is 1.21. The SMILES string of the molecule is CC(C)[C@@H](N)C(=O)Nc1ccccc1C#N. The number of para-hydroxylation sites is 1. The highest BCUT2D eigenvalue weighted by Crippen LogP contribution is 2.14. The fourth-order valence-electron chi connectivity index (χ4n) is 1.21. The molecule has 1 aromatic rings. The number of amides is 1.